The first-order valence-electron chi connectivity index (χ1n) is 5.41. The minimum absolute atomic E-state index is 0.0687. The van der Waals surface area contributed by atoms with Gasteiger partial charge in [-0.3, -0.25) is 9.59 Å². The third-order valence-electron chi connectivity index (χ3n) is 2.95. The molecule has 1 heterocycles. The lowest BCUT2D eigenvalue weighted by molar-refractivity contribution is 0.0981. The largest absolute Gasteiger partial charge is 0.288 e. The lowest BCUT2D eigenvalue weighted by Gasteiger charge is -2.13. The first kappa shape index (κ1) is 10.4. The SMILES string of the molecule is CCc1nsc2c1C(=O)c1ccccc1C2=O. The van der Waals surface area contributed by atoms with E-state index in [9.17, 15) is 9.59 Å². The van der Waals surface area contributed by atoms with Crippen molar-refractivity contribution in [3.8, 4) is 0 Å². The summed E-state index contributed by atoms with van der Waals surface area (Å²) in [6.45, 7) is 1.94. The van der Waals surface area contributed by atoms with Crippen LogP contribution in [0, 0.1) is 0 Å². The monoisotopic (exact) mass is 243 g/mol. The van der Waals surface area contributed by atoms with E-state index in [-0.39, 0.29) is 11.6 Å². The van der Waals surface area contributed by atoms with Crippen LogP contribution in [0.5, 0.6) is 0 Å². The van der Waals surface area contributed by atoms with Gasteiger partial charge >= 0.3 is 0 Å². The summed E-state index contributed by atoms with van der Waals surface area (Å²) >= 11 is 1.13. The topological polar surface area (TPSA) is 47.0 Å². The standard InChI is InChI=1S/C13H9NO2S/c1-2-9-10-11(15)7-5-3-4-6-8(7)12(16)13(10)17-14-9/h3-6H,2H2,1H3. The molecule has 1 aromatic heterocycles. The van der Waals surface area contributed by atoms with Crippen LogP contribution in [0.1, 0.15) is 43.8 Å². The fourth-order valence-corrected chi connectivity index (χ4v) is 3.01. The number of aromatic nitrogens is 1. The Kier molecular flexibility index (Phi) is 2.19. The number of aryl methyl sites for hydroxylation is 1. The lowest BCUT2D eigenvalue weighted by Crippen LogP contribution is -2.19. The van der Waals surface area contributed by atoms with E-state index in [1.54, 1.807) is 24.3 Å². The number of ketones is 2. The zero-order valence-electron chi connectivity index (χ0n) is 9.19. The maximum Gasteiger partial charge on any atom is 0.206 e. The second-order valence-corrected chi connectivity index (χ2v) is 4.66. The number of hydrogen-bond acceptors (Lipinski definition) is 4. The van der Waals surface area contributed by atoms with Crippen LogP contribution in [0.15, 0.2) is 24.3 Å². The molecule has 0 saturated heterocycles. The highest BCUT2D eigenvalue weighted by Gasteiger charge is 2.33. The molecule has 17 heavy (non-hydrogen) atoms. The summed E-state index contributed by atoms with van der Waals surface area (Å²) in [6.07, 6.45) is 0.674. The highest BCUT2D eigenvalue weighted by atomic mass is 32.1. The van der Waals surface area contributed by atoms with Gasteiger partial charge in [-0.2, -0.15) is 4.37 Å². The maximum absolute atomic E-state index is 12.3. The third-order valence-corrected chi connectivity index (χ3v) is 3.83. The molecule has 1 aliphatic carbocycles. The number of nitrogens with zero attached hydrogens (tertiary/aromatic N) is 1. The van der Waals surface area contributed by atoms with Crippen molar-refractivity contribution < 1.29 is 9.59 Å². The Hall–Kier alpha value is -1.81. The van der Waals surface area contributed by atoms with Gasteiger partial charge in [-0.1, -0.05) is 31.2 Å². The second-order valence-electron chi connectivity index (χ2n) is 3.89. The van der Waals surface area contributed by atoms with Crippen molar-refractivity contribution in [2.24, 2.45) is 0 Å². The molecule has 0 radical (unpaired) electrons. The van der Waals surface area contributed by atoms with Gasteiger partial charge in [-0.05, 0) is 18.0 Å². The highest BCUT2D eigenvalue weighted by molar-refractivity contribution is 7.09. The Bertz CT molecular complexity index is 643. The van der Waals surface area contributed by atoms with Crippen molar-refractivity contribution in [1.29, 1.82) is 0 Å². The van der Waals surface area contributed by atoms with Gasteiger partial charge in [0.05, 0.1) is 11.3 Å². The van der Waals surface area contributed by atoms with Gasteiger partial charge in [0.15, 0.2) is 5.78 Å². The molecule has 1 aliphatic rings. The van der Waals surface area contributed by atoms with E-state index in [0.717, 1.165) is 17.2 Å². The number of fused-ring (bicyclic) bond motifs is 2. The molecule has 1 aromatic carbocycles. The molecule has 3 rings (SSSR count). The van der Waals surface area contributed by atoms with E-state index < -0.39 is 0 Å². The number of benzene rings is 1. The van der Waals surface area contributed by atoms with Crippen LogP contribution in [0.2, 0.25) is 0 Å². The van der Waals surface area contributed by atoms with Crippen LogP contribution in [-0.2, 0) is 6.42 Å². The molecule has 0 aliphatic heterocycles. The van der Waals surface area contributed by atoms with E-state index in [2.05, 4.69) is 4.37 Å². The van der Waals surface area contributed by atoms with Crippen LogP contribution < -0.4 is 0 Å². The molecule has 2 aromatic rings. The molecule has 0 fully saturated rings. The number of carbonyl (C=O) groups excluding carboxylic acids is 2. The van der Waals surface area contributed by atoms with Crippen molar-refractivity contribution in [2.75, 3.05) is 0 Å². The first-order chi connectivity index (χ1) is 8.24. The molecule has 0 N–H and O–H groups in total. The molecule has 4 heteroatoms. The Morgan fingerprint density at radius 2 is 1.76 bits per heavy atom. The van der Waals surface area contributed by atoms with Crippen molar-refractivity contribution in [2.45, 2.75) is 13.3 Å². The third kappa shape index (κ3) is 1.31. The Balaban J connectivity index is 2.31. The van der Waals surface area contributed by atoms with Crippen LogP contribution in [0.3, 0.4) is 0 Å². The van der Waals surface area contributed by atoms with Crippen LogP contribution in [-0.4, -0.2) is 15.9 Å². The summed E-state index contributed by atoms with van der Waals surface area (Å²) in [5, 5.41) is 0. The minimum atomic E-state index is -0.0765. The summed E-state index contributed by atoms with van der Waals surface area (Å²) < 4.78 is 4.20. The lowest BCUT2D eigenvalue weighted by atomic mass is 9.88. The summed E-state index contributed by atoms with van der Waals surface area (Å²) in [6, 6.07) is 6.96. The van der Waals surface area contributed by atoms with Crippen molar-refractivity contribution >= 4 is 23.1 Å². The van der Waals surface area contributed by atoms with Crippen LogP contribution in [0.25, 0.3) is 0 Å². The van der Waals surface area contributed by atoms with E-state index in [1.165, 1.54) is 0 Å². The predicted molar refractivity (Wildman–Crippen MR) is 64.8 cm³/mol. The molecule has 0 amide bonds. The molecule has 3 nitrogen and oxygen atoms in total. The molecule has 0 unspecified atom stereocenters. The fraction of sp³-hybridized carbons (Fsp3) is 0.154. The van der Waals surface area contributed by atoms with Crippen LogP contribution in [0.4, 0.5) is 0 Å². The molecule has 84 valence electrons. The van der Waals surface area contributed by atoms with Gasteiger partial charge in [0.25, 0.3) is 0 Å². The zero-order chi connectivity index (χ0) is 12.0. The maximum atomic E-state index is 12.3. The molecule has 0 spiro atoms. The van der Waals surface area contributed by atoms with Gasteiger partial charge in [-0.15, -0.1) is 0 Å². The molecular formula is C13H9NO2S. The molecule has 0 atom stereocenters. The summed E-state index contributed by atoms with van der Waals surface area (Å²) in [5.74, 6) is -0.145. The van der Waals surface area contributed by atoms with E-state index in [0.29, 0.717) is 28.0 Å². The van der Waals surface area contributed by atoms with Gasteiger partial charge in [0, 0.05) is 11.1 Å². The number of carbonyl (C=O) groups is 2. The van der Waals surface area contributed by atoms with Gasteiger partial charge in [0.1, 0.15) is 4.88 Å². The Morgan fingerprint density at radius 3 is 2.41 bits per heavy atom. The van der Waals surface area contributed by atoms with Crippen molar-refractivity contribution in [3.63, 3.8) is 0 Å². The van der Waals surface area contributed by atoms with Gasteiger partial charge < -0.3 is 0 Å². The van der Waals surface area contributed by atoms with Gasteiger partial charge in [0.2, 0.25) is 5.78 Å². The van der Waals surface area contributed by atoms with E-state index >= 15 is 0 Å². The van der Waals surface area contributed by atoms with E-state index in [4.69, 9.17) is 0 Å². The van der Waals surface area contributed by atoms with Gasteiger partial charge in [-0.25, -0.2) is 0 Å². The summed E-state index contributed by atoms with van der Waals surface area (Å²) in [4.78, 5) is 25.0. The second kappa shape index (κ2) is 3.60. The van der Waals surface area contributed by atoms with Crippen molar-refractivity contribution in [1.82, 2.24) is 4.37 Å². The smallest absolute Gasteiger partial charge is 0.206 e. The highest BCUT2D eigenvalue weighted by Crippen LogP contribution is 2.31. The quantitative estimate of drug-likeness (QED) is 0.659. The fourth-order valence-electron chi connectivity index (χ4n) is 2.09. The average molecular weight is 243 g/mol. The van der Waals surface area contributed by atoms with E-state index in [1.807, 2.05) is 6.92 Å². The number of hydrogen-bond donors (Lipinski definition) is 0. The zero-order valence-corrected chi connectivity index (χ0v) is 10.0. The Morgan fingerprint density at radius 1 is 1.12 bits per heavy atom. The average Bonchev–Trinajstić information content (AvgIpc) is 2.80. The molecule has 0 saturated carbocycles. The first-order valence-corrected chi connectivity index (χ1v) is 6.18. The van der Waals surface area contributed by atoms with Crippen molar-refractivity contribution in [3.05, 3.63) is 51.5 Å². The number of rotatable bonds is 1. The minimum Gasteiger partial charge on any atom is -0.288 e. The Labute approximate surface area is 102 Å². The summed E-state index contributed by atoms with van der Waals surface area (Å²) in [5.41, 5.74) is 2.25. The predicted octanol–water partition coefficient (Wildman–Crippen LogP) is 2.48. The molecular weight excluding hydrogens is 234 g/mol. The normalized spacial score (nSPS) is 13.5. The summed E-state index contributed by atoms with van der Waals surface area (Å²) in [7, 11) is 0. The van der Waals surface area contributed by atoms with Crippen LogP contribution >= 0.6 is 11.5 Å². The molecule has 0 bridgehead atoms.